The van der Waals surface area contributed by atoms with Gasteiger partial charge in [0.2, 0.25) is 11.8 Å². The lowest BCUT2D eigenvalue weighted by Crippen LogP contribution is -2.20. The zero-order chi connectivity index (χ0) is 20.1. The first-order chi connectivity index (χ1) is 13.3. The van der Waals surface area contributed by atoms with Gasteiger partial charge in [-0.1, -0.05) is 45.0 Å². The normalized spacial score (nSPS) is 11.3. The Balaban J connectivity index is 1.49. The van der Waals surface area contributed by atoms with Crippen LogP contribution in [0, 0.1) is 6.92 Å². The Morgan fingerprint density at radius 1 is 1.04 bits per heavy atom. The van der Waals surface area contributed by atoms with Crippen molar-refractivity contribution >= 4 is 11.6 Å². The van der Waals surface area contributed by atoms with E-state index in [0.717, 1.165) is 5.56 Å². The SMILES string of the molecule is Cc1nnc(Cc2ccc(NC(=O)COc3ccc(C(C)(C)C)cc3)cc2)o1. The lowest BCUT2D eigenvalue weighted by atomic mass is 9.87. The molecule has 28 heavy (non-hydrogen) atoms. The molecule has 3 aromatic rings. The summed E-state index contributed by atoms with van der Waals surface area (Å²) in [7, 11) is 0. The number of amides is 1. The van der Waals surface area contributed by atoms with Crippen LogP contribution < -0.4 is 10.1 Å². The minimum Gasteiger partial charge on any atom is -0.484 e. The van der Waals surface area contributed by atoms with E-state index in [-0.39, 0.29) is 17.9 Å². The maximum absolute atomic E-state index is 12.1. The molecule has 1 N–H and O–H groups in total. The predicted octanol–water partition coefficient (Wildman–Crippen LogP) is 4.28. The zero-order valence-corrected chi connectivity index (χ0v) is 16.7. The van der Waals surface area contributed by atoms with Gasteiger partial charge in [-0.3, -0.25) is 4.79 Å². The van der Waals surface area contributed by atoms with Crippen LogP contribution in [0.1, 0.15) is 43.7 Å². The number of anilines is 1. The molecule has 0 bridgehead atoms. The Hall–Kier alpha value is -3.15. The highest BCUT2D eigenvalue weighted by atomic mass is 16.5. The molecule has 1 aromatic heterocycles. The number of carbonyl (C=O) groups is 1. The van der Waals surface area contributed by atoms with Crippen molar-refractivity contribution in [3.63, 3.8) is 0 Å². The average Bonchev–Trinajstić information content (AvgIpc) is 3.06. The Labute approximate surface area is 164 Å². The highest BCUT2D eigenvalue weighted by Gasteiger charge is 2.13. The molecule has 146 valence electrons. The number of aryl methyl sites for hydroxylation is 1. The molecular weight excluding hydrogens is 354 g/mol. The van der Waals surface area contributed by atoms with E-state index in [9.17, 15) is 4.79 Å². The van der Waals surface area contributed by atoms with Gasteiger partial charge in [0.25, 0.3) is 5.91 Å². The molecule has 1 heterocycles. The van der Waals surface area contributed by atoms with Crippen molar-refractivity contribution in [1.29, 1.82) is 0 Å². The van der Waals surface area contributed by atoms with E-state index in [1.54, 1.807) is 6.92 Å². The quantitative estimate of drug-likeness (QED) is 0.691. The monoisotopic (exact) mass is 379 g/mol. The van der Waals surface area contributed by atoms with Crippen molar-refractivity contribution in [2.24, 2.45) is 0 Å². The van der Waals surface area contributed by atoms with Gasteiger partial charge < -0.3 is 14.5 Å². The van der Waals surface area contributed by atoms with Crippen molar-refractivity contribution in [2.45, 2.75) is 39.5 Å². The van der Waals surface area contributed by atoms with Gasteiger partial charge in [-0.15, -0.1) is 10.2 Å². The molecule has 2 aromatic carbocycles. The number of benzene rings is 2. The number of carbonyl (C=O) groups excluding carboxylic acids is 1. The third-order valence-electron chi connectivity index (χ3n) is 4.25. The number of ether oxygens (including phenoxy) is 1. The second-order valence-corrected chi connectivity index (χ2v) is 7.70. The molecule has 0 saturated heterocycles. The molecule has 0 unspecified atom stereocenters. The molecule has 3 rings (SSSR count). The fraction of sp³-hybridized carbons (Fsp3) is 0.318. The van der Waals surface area contributed by atoms with Gasteiger partial charge >= 0.3 is 0 Å². The highest BCUT2D eigenvalue weighted by Crippen LogP contribution is 2.24. The molecule has 0 aliphatic heterocycles. The topological polar surface area (TPSA) is 77.2 Å². The fourth-order valence-corrected chi connectivity index (χ4v) is 2.69. The fourth-order valence-electron chi connectivity index (χ4n) is 2.69. The Morgan fingerprint density at radius 2 is 1.71 bits per heavy atom. The summed E-state index contributed by atoms with van der Waals surface area (Å²) in [6.45, 7) is 8.19. The number of nitrogens with zero attached hydrogens (tertiary/aromatic N) is 2. The van der Waals surface area contributed by atoms with Gasteiger partial charge in [-0.2, -0.15) is 0 Å². The maximum atomic E-state index is 12.1. The molecule has 0 radical (unpaired) electrons. The number of rotatable bonds is 6. The summed E-state index contributed by atoms with van der Waals surface area (Å²) in [5.41, 5.74) is 3.05. The van der Waals surface area contributed by atoms with Gasteiger partial charge in [0.15, 0.2) is 6.61 Å². The van der Waals surface area contributed by atoms with E-state index in [2.05, 4.69) is 36.3 Å². The van der Waals surface area contributed by atoms with Crippen LogP contribution in [0.2, 0.25) is 0 Å². The first-order valence-electron chi connectivity index (χ1n) is 9.21. The van der Waals surface area contributed by atoms with Gasteiger partial charge in [-0.25, -0.2) is 0 Å². The molecule has 0 saturated carbocycles. The summed E-state index contributed by atoms with van der Waals surface area (Å²) in [6.07, 6.45) is 0.558. The minimum atomic E-state index is -0.208. The van der Waals surface area contributed by atoms with Crippen LogP contribution in [0.3, 0.4) is 0 Å². The molecule has 0 aliphatic carbocycles. The van der Waals surface area contributed by atoms with E-state index < -0.39 is 0 Å². The van der Waals surface area contributed by atoms with Crippen molar-refractivity contribution in [2.75, 3.05) is 11.9 Å². The van der Waals surface area contributed by atoms with Crippen molar-refractivity contribution in [3.05, 3.63) is 71.4 Å². The van der Waals surface area contributed by atoms with Crippen molar-refractivity contribution < 1.29 is 13.9 Å². The molecule has 6 nitrogen and oxygen atoms in total. The summed E-state index contributed by atoms with van der Waals surface area (Å²) in [5.74, 6) is 1.58. The molecule has 1 amide bonds. The second kappa shape index (κ2) is 8.25. The van der Waals surface area contributed by atoms with Crippen LogP contribution >= 0.6 is 0 Å². The number of aromatic nitrogens is 2. The van der Waals surface area contributed by atoms with Gasteiger partial charge in [0.1, 0.15) is 5.75 Å². The minimum absolute atomic E-state index is 0.0438. The van der Waals surface area contributed by atoms with Crippen LogP contribution in [0.25, 0.3) is 0 Å². The van der Waals surface area contributed by atoms with Crippen molar-refractivity contribution in [1.82, 2.24) is 10.2 Å². The summed E-state index contributed by atoms with van der Waals surface area (Å²) in [4.78, 5) is 12.1. The molecule has 0 fully saturated rings. The third-order valence-corrected chi connectivity index (χ3v) is 4.25. The van der Waals surface area contributed by atoms with Crippen LogP contribution in [-0.2, 0) is 16.6 Å². The Morgan fingerprint density at radius 3 is 2.29 bits per heavy atom. The smallest absolute Gasteiger partial charge is 0.262 e. The van der Waals surface area contributed by atoms with E-state index in [1.807, 2.05) is 48.5 Å². The summed E-state index contributed by atoms with van der Waals surface area (Å²) in [5, 5.41) is 10.6. The second-order valence-electron chi connectivity index (χ2n) is 7.70. The first-order valence-corrected chi connectivity index (χ1v) is 9.21. The average molecular weight is 379 g/mol. The largest absolute Gasteiger partial charge is 0.484 e. The molecule has 0 spiro atoms. The van der Waals surface area contributed by atoms with Crippen LogP contribution in [-0.4, -0.2) is 22.7 Å². The van der Waals surface area contributed by atoms with Crippen molar-refractivity contribution in [3.8, 4) is 5.75 Å². The number of hydrogen-bond donors (Lipinski definition) is 1. The predicted molar refractivity (Wildman–Crippen MR) is 108 cm³/mol. The third kappa shape index (κ3) is 5.42. The van der Waals surface area contributed by atoms with E-state index in [4.69, 9.17) is 9.15 Å². The standard InChI is InChI=1S/C22H25N3O3/c1-15-24-25-21(28-15)13-16-5-9-18(10-6-16)23-20(26)14-27-19-11-7-17(8-12-19)22(2,3)4/h5-12H,13-14H2,1-4H3,(H,23,26). The Kier molecular flexibility index (Phi) is 5.78. The summed E-state index contributed by atoms with van der Waals surface area (Å²) >= 11 is 0. The maximum Gasteiger partial charge on any atom is 0.262 e. The van der Waals surface area contributed by atoms with E-state index in [1.165, 1.54) is 5.56 Å². The molecule has 6 heteroatoms. The van der Waals surface area contributed by atoms with Gasteiger partial charge in [0.05, 0.1) is 6.42 Å². The van der Waals surface area contributed by atoms with E-state index >= 15 is 0 Å². The van der Waals surface area contributed by atoms with Gasteiger partial charge in [0, 0.05) is 12.6 Å². The number of nitrogens with one attached hydrogen (secondary N) is 1. The van der Waals surface area contributed by atoms with Crippen LogP contribution in [0.5, 0.6) is 5.75 Å². The lowest BCUT2D eigenvalue weighted by Gasteiger charge is -2.19. The van der Waals surface area contributed by atoms with Gasteiger partial charge in [-0.05, 0) is 40.8 Å². The molecule has 0 aliphatic rings. The molecule has 0 atom stereocenters. The van der Waals surface area contributed by atoms with E-state index in [0.29, 0.717) is 29.6 Å². The lowest BCUT2D eigenvalue weighted by molar-refractivity contribution is -0.118. The molecular formula is C22H25N3O3. The number of hydrogen-bond acceptors (Lipinski definition) is 5. The van der Waals surface area contributed by atoms with Crippen LogP contribution in [0.15, 0.2) is 52.9 Å². The first kappa shape index (κ1) is 19.6. The summed E-state index contributed by atoms with van der Waals surface area (Å²) < 4.78 is 10.9. The van der Waals surface area contributed by atoms with Crippen LogP contribution in [0.4, 0.5) is 5.69 Å². The zero-order valence-electron chi connectivity index (χ0n) is 16.7. The summed E-state index contributed by atoms with van der Waals surface area (Å²) in [6, 6.07) is 15.4. The highest BCUT2D eigenvalue weighted by molar-refractivity contribution is 5.91. The Bertz CT molecular complexity index is 923.